The summed E-state index contributed by atoms with van der Waals surface area (Å²) in [5.41, 5.74) is 2.55. The molecule has 0 fully saturated rings. The Labute approximate surface area is 125 Å². The standard InChI is InChI=1S/C17H21N3O/c1-12(2)19-16-7-5-4-6-15(16)17(21)20-13(3)14-8-10-18-11-9-14/h4-13,19H,1-3H3,(H,20,21). The molecule has 0 saturated carbocycles. The van der Waals surface area contributed by atoms with Crippen molar-refractivity contribution in [2.45, 2.75) is 32.9 Å². The Hall–Kier alpha value is -2.36. The van der Waals surface area contributed by atoms with E-state index in [2.05, 4.69) is 15.6 Å². The van der Waals surface area contributed by atoms with Gasteiger partial charge in [-0.15, -0.1) is 0 Å². The second kappa shape index (κ2) is 6.88. The third-order valence-corrected chi connectivity index (χ3v) is 3.17. The molecule has 21 heavy (non-hydrogen) atoms. The molecule has 2 aromatic rings. The number of para-hydroxylation sites is 1. The molecule has 1 heterocycles. The lowest BCUT2D eigenvalue weighted by molar-refractivity contribution is 0.0940. The highest BCUT2D eigenvalue weighted by Gasteiger charge is 2.14. The van der Waals surface area contributed by atoms with Crippen LogP contribution in [-0.4, -0.2) is 16.9 Å². The molecule has 0 bridgehead atoms. The van der Waals surface area contributed by atoms with Crippen molar-refractivity contribution in [3.05, 3.63) is 59.9 Å². The van der Waals surface area contributed by atoms with Crippen LogP contribution < -0.4 is 10.6 Å². The Morgan fingerprint density at radius 3 is 2.38 bits per heavy atom. The maximum atomic E-state index is 12.5. The van der Waals surface area contributed by atoms with Crippen LogP contribution in [0.5, 0.6) is 0 Å². The first-order valence-electron chi connectivity index (χ1n) is 7.14. The van der Waals surface area contributed by atoms with Gasteiger partial charge in [0.05, 0.1) is 11.6 Å². The summed E-state index contributed by atoms with van der Waals surface area (Å²) in [5, 5.41) is 6.32. The van der Waals surface area contributed by atoms with E-state index >= 15 is 0 Å². The van der Waals surface area contributed by atoms with Crippen LogP contribution in [0.3, 0.4) is 0 Å². The summed E-state index contributed by atoms with van der Waals surface area (Å²) in [7, 11) is 0. The van der Waals surface area contributed by atoms with Gasteiger partial charge < -0.3 is 10.6 Å². The zero-order chi connectivity index (χ0) is 15.2. The van der Waals surface area contributed by atoms with E-state index in [1.165, 1.54) is 0 Å². The molecule has 1 aromatic heterocycles. The first-order valence-corrected chi connectivity index (χ1v) is 7.14. The molecule has 4 heteroatoms. The predicted molar refractivity (Wildman–Crippen MR) is 85.3 cm³/mol. The van der Waals surface area contributed by atoms with Gasteiger partial charge in [0.15, 0.2) is 0 Å². The van der Waals surface area contributed by atoms with E-state index in [0.29, 0.717) is 5.56 Å². The molecule has 0 aliphatic heterocycles. The number of anilines is 1. The fourth-order valence-electron chi connectivity index (χ4n) is 2.13. The number of aromatic nitrogens is 1. The van der Waals surface area contributed by atoms with Crippen LogP contribution in [-0.2, 0) is 0 Å². The number of nitrogens with one attached hydrogen (secondary N) is 2. The SMILES string of the molecule is CC(C)Nc1ccccc1C(=O)NC(C)c1ccncc1. The van der Waals surface area contributed by atoms with Gasteiger partial charge in [-0.05, 0) is 50.6 Å². The van der Waals surface area contributed by atoms with Crippen LogP contribution in [0.25, 0.3) is 0 Å². The lowest BCUT2D eigenvalue weighted by Crippen LogP contribution is -2.28. The van der Waals surface area contributed by atoms with Gasteiger partial charge in [-0.1, -0.05) is 12.1 Å². The molecule has 1 aromatic carbocycles. The quantitative estimate of drug-likeness (QED) is 0.884. The van der Waals surface area contributed by atoms with Crippen molar-refractivity contribution < 1.29 is 4.79 Å². The van der Waals surface area contributed by atoms with Crippen LogP contribution >= 0.6 is 0 Å². The third-order valence-electron chi connectivity index (χ3n) is 3.17. The minimum absolute atomic E-state index is 0.0624. The van der Waals surface area contributed by atoms with Crippen molar-refractivity contribution in [1.82, 2.24) is 10.3 Å². The third kappa shape index (κ3) is 4.05. The summed E-state index contributed by atoms with van der Waals surface area (Å²) in [6, 6.07) is 11.6. The molecule has 4 nitrogen and oxygen atoms in total. The Balaban J connectivity index is 2.14. The van der Waals surface area contributed by atoms with E-state index in [0.717, 1.165) is 11.3 Å². The molecule has 110 valence electrons. The minimum atomic E-state index is -0.0805. The van der Waals surface area contributed by atoms with E-state index < -0.39 is 0 Å². The summed E-state index contributed by atoms with van der Waals surface area (Å²) >= 11 is 0. The number of carbonyl (C=O) groups excluding carboxylic acids is 1. The summed E-state index contributed by atoms with van der Waals surface area (Å²) in [6.45, 7) is 6.06. The van der Waals surface area contributed by atoms with Crippen LogP contribution in [0.2, 0.25) is 0 Å². The molecule has 1 amide bonds. The number of hydrogen-bond donors (Lipinski definition) is 2. The van der Waals surface area contributed by atoms with Crippen molar-refractivity contribution >= 4 is 11.6 Å². The average molecular weight is 283 g/mol. The van der Waals surface area contributed by atoms with Crippen LogP contribution in [0, 0.1) is 0 Å². The second-order valence-electron chi connectivity index (χ2n) is 5.32. The molecular formula is C17H21N3O. The van der Waals surface area contributed by atoms with Crippen LogP contribution in [0.1, 0.15) is 42.7 Å². The van der Waals surface area contributed by atoms with Gasteiger partial charge in [-0.2, -0.15) is 0 Å². The molecule has 0 aliphatic rings. The highest BCUT2D eigenvalue weighted by molar-refractivity contribution is 5.99. The van der Waals surface area contributed by atoms with Gasteiger partial charge in [-0.25, -0.2) is 0 Å². The number of carbonyl (C=O) groups is 1. The first kappa shape index (κ1) is 15.0. The zero-order valence-corrected chi connectivity index (χ0v) is 12.6. The highest BCUT2D eigenvalue weighted by Crippen LogP contribution is 2.18. The highest BCUT2D eigenvalue weighted by atomic mass is 16.1. The van der Waals surface area contributed by atoms with Crippen molar-refractivity contribution in [3.8, 4) is 0 Å². The van der Waals surface area contributed by atoms with E-state index in [9.17, 15) is 4.79 Å². The van der Waals surface area contributed by atoms with Gasteiger partial charge in [0, 0.05) is 24.1 Å². The van der Waals surface area contributed by atoms with Crippen molar-refractivity contribution in [3.63, 3.8) is 0 Å². The largest absolute Gasteiger partial charge is 0.382 e. The van der Waals surface area contributed by atoms with E-state index in [1.54, 1.807) is 12.4 Å². The monoisotopic (exact) mass is 283 g/mol. The van der Waals surface area contributed by atoms with Gasteiger partial charge >= 0.3 is 0 Å². The van der Waals surface area contributed by atoms with E-state index in [1.807, 2.05) is 57.2 Å². The van der Waals surface area contributed by atoms with Gasteiger partial charge in [0.1, 0.15) is 0 Å². The molecule has 0 aliphatic carbocycles. The van der Waals surface area contributed by atoms with Gasteiger partial charge in [-0.3, -0.25) is 9.78 Å². The number of nitrogens with zero attached hydrogens (tertiary/aromatic N) is 1. The number of amides is 1. The predicted octanol–water partition coefficient (Wildman–Crippen LogP) is 3.39. The Morgan fingerprint density at radius 1 is 1.05 bits per heavy atom. The second-order valence-corrected chi connectivity index (χ2v) is 5.32. The molecule has 0 saturated heterocycles. The van der Waals surface area contributed by atoms with Crippen molar-refractivity contribution in [2.75, 3.05) is 5.32 Å². The summed E-state index contributed by atoms with van der Waals surface area (Å²) in [4.78, 5) is 16.5. The molecule has 1 atom stereocenters. The number of rotatable bonds is 5. The van der Waals surface area contributed by atoms with E-state index in [4.69, 9.17) is 0 Å². The Kier molecular flexibility index (Phi) is 4.93. The normalized spacial score (nSPS) is 12.0. The summed E-state index contributed by atoms with van der Waals surface area (Å²) in [5.74, 6) is -0.0805. The van der Waals surface area contributed by atoms with Gasteiger partial charge in [0.2, 0.25) is 0 Å². The van der Waals surface area contributed by atoms with Crippen molar-refractivity contribution in [2.24, 2.45) is 0 Å². The lowest BCUT2D eigenvalue weighted by atomic mass is 10.1. The molecule has 2 rings (SSSR count). The number of pyridine rings is 1. The van der Waals surface area contributed by atoms with Crippen LogP contribution in [0.15, 0.2) is 48.8 Å². The fourth-order valence-corrected chi connectivity index (χ4v) is 2.13. The summed E-state index contributed by atoms with van der Waals surface area (Å²) < 4.78 is 0. The smallest absolute Gasteiger partial charge is 0.253 e. The average Bonchev–Trinajstić information content (AvgIpc) is 2.48. The molecule has 1 unspecified atom stereocenters. The minimum Gasteiger partial charge on any atom is -0.382 e. The van der Waals surface area contributed by atoms with Crippen LogP contribution in [0.4, 0.5) is 5.69 Å². The summed E-state index contributed by atoms with van der Waals surface area (Å²) in [6.07, 6.45) is 3.46. The fraction of sp³-hybridized carbons (Fsp3) is 0.294. The zero-order valence-electron chi connectivity index (χ0n) is 12.6. The topological polar surface area (TPSA) is 54.0 Å². The molecule has 2 N–H and O–H groups in total. The Bertz CT molecular complexity index is 596. The van der Waals surface area contributed by atoms with Crippen molar-refractivity contribution in [1.29, 1.82) is 0 Å². The molecule has 0 radical (unpaired) electrons. The number of hydrogen-bond acceptors (Lipinski definition) is 3. The molecular weight excluding hydrogens is 262 g/mol. The maximum absolute atomic E-state index is 12.5. The first-order chi connectivity index (χ1) is 10.1. The maximum Gasteiger partial charge on any atom is 0.253 e. The van der Waals surface area contributed by atoms with E-state index in [-0.39, 0.29) is 18.0 Å². The molecule has 0 spiro atoms. The lowest BCUT2D eigenvalue weighted by Gasteiger charge is -2.17. The van der Waals surface area contributed by atoms with Gasteiger partial charge in [0.25, 0.3) is 5.91 Å². The Morgan fingerprint density at radius 2 is 1.71 bits per heavy atom. The number of benzene rings is 1.